The molecule has 2 heterocycles. The summed E-state index contributed by atoms with van der Waals surface area (Å²) in [5, 5.41) is 3.01. The molecule has 1 atom stereocenters. The highest BCUT2D eigenvalue weighted by atomic mass is 32.2. The highest BCUT2D eigenvalue weighted by Crippen LogP contribution is 2.15. The van der Waals surface area contributed by atoms with Gasteiger partial charge in [-0.25, -0.2) is 18.4 Å². The number of aromatic nitrogens is 2. The number of sulfone groups is 1. The number of anilines is 1. The summed E-state index contributed by atoms with van der Waals surface area (Å²) in [6, 6.07) is 9.54. The van der Waals surface area contributed by atoms with Gasteiger partial charge in [-0.3, -0.25) is 4.79 Å². The first-order valence-corrected chi connectivity index (χ1v) is 9.83. The Morgan fingerprint density at radius 3 is 2.52 bits per heavy atom. The van der Waals surface area contributed by atoms with Crippen molar-refractivity contribution in [3.05, 3.63) is 53.9 Å². The first-order valence-electron chi connectivity index (χ1n) is 8.01. The molecule has 8 heteroatoms. The van der Waals surface area contributed by atoms with Gasteiger partial charge in [-0.15, -0.1) is 0 Å². The van der Waals surface area contributed by atoms with Gasteiger partial charge in [0.05, 0.1) is 17.1 Å². The van der Waals surface area contributed by atoms with E-state index >= 15 is 0 Å². The molecule has 3 rings (SSSR count). The van der Waals surface area contributed by atoms with Crippen LogP contribution in [0.25, 0.3) is 0 Å². The molecule has 1 amide bonds. The predicted molar refractivity (Wildman–Crippen MR) is 95.0 cm³/mol. The Kier molecular flexibility index (Phi) is 4.98. The van der Waals surface area contributed by atoms with E-state index in [0.717, 1.165) is 5.56 Å². The zero-order chi connectivity index (χ0) is 17.9. The predicted octanol–water partition coefficient (Wildman–Crippen LogP) is 1.35. The van der Waals surface area contributed by atoms with Crippen molar-refractivity contribution in [2.75, 3.05) is 23.9 Å². The summed E-state index contributed by atoms with van der Waals surface area (Å²) in [6.45, 7) is 0.500. The Hall–Kier alpha value is -2.48. The van der Waals surface area contributed by atoms with Gasteiger partial charge in [0.15, 0.2) is 9.84 Å². The second kappa shape index (κ2) is 7.18. The summed E-state index contributed by atoms with van der Waals surface area (Å²) in [7, 11) is -1.23. The van der Waals surface area contributed by atoms with E-state index in [4.69, 9.17) is 0 Å². The number of carbonyl (C=O) groups is 1. The lowest BCUT2D eigenvalue weighted by molar-refractivity contribution is 0.0784. The molecule has 1 aliphatic heterocycles. The van der Waals surface area contributed by atoms with Gasteiger partial charge < -0.3 is 10.2 Å². The van der Waals surface area contributed by atoms with Crippen LogP contribution in [0.5, 0.6) is 0 Å². The number of carbonyl (C=O) groups excluding carboxylic acids is 1. The molecule has 0 bridgehead atoms. The van der Waals surface area contributed by atoms with Gasteiger partial charge in [-0.1, -0.05) is 30.3 Å². The first-order chi connectivity index (χ1) is 11.9. The molecular weight excluding hydrogens is 340 g/mol. The SMILES string of the molecule is CN(Cc1ccccc1)C(=O)c1cnc(NC2CCS(=O)(=O)C2)nc1. The van der Waals surface area contributed by atoms with E-state index in [2.05, 4.69) is 15.3 Å². The fraction of sp³-hybridized carbons (Fsp3) is 0.353. The maximum atomic E-state index is 12.4. The van der Waals surface area contributed by atoms with Crippen molar-refractivity contribution in [2.24, 2.45) is 0 Å². The zero-order valence-electron chi connectivity index (χ0n) is 13.9. The first kappa shape index (κ1) is 17.3. The molecule has 2 aromatic rings. The van der Waals surface area contributed by atoms with Gasteiger partial charge in [0, 0.05) is 32.0 Å². The largest absolute Gasteiger partial charge is 0.350 e. The molecule has 1 fully saturated rings. The van der Waals surface area contributed by atoms with E-state index in [0.29, 0.717) is 24.5 Å². The second-order valence-corrected chi connectivity index (χ2v) is 8.42. The molecule has 7 nitrogen and oxygen atoms in total. The monoisotopic (exact) mass is 360 g/mol. The lowest BCUT2D eigenvalue weighted by atomic mass is 10.2. The fourth-order valence-corrected chi connectivity index (χ4v) is 4.43. The molecule has 1 aromatic heterocycles. The van der Waals surface area contributed by atoms with Gasteiger partial charge in [0.1, 0.15) is 0 Å². The molecule has 1 aromatic carbocycles. The van der Waals surface area contributed by atoms with Crippen LogP contribution in [0, 0.1) is 0 Å². The third kappa shape index (κ3) is 4.54. The second-order valence-electron chi connectivity index (χ2n) is 6.19. The molecule has 1 aliphatic rings. The van der Waals surface area contributed by atoms with E-state index in [1.807, 2.05) is 30.3 Å². The molecule has 132 valence electrons. The van der Waals surface area contributed by atoms with Crippen molar-refractivity contribution in [3.63, 3.8) is 0 Å². The van der Waals surface area contributed by atoms with Gasteiger partial charge in [-0.05, 0) is 12.0 Å². The summed E-state index contributed by atoms with van der Waals surface area (Å²) >= 11 is 0. The average Bonchev–Trinajstić information content (AvgIpc) is 2.94. The Balaban J connectivity index is 1.60. The van der Waals surface area contributed by atoms with Crippen molar-refractivity contribution in [1.29, 1.82) is 0 Å². The van der Waals surface area contributed by atoms with E-state index in [9.17, 15) is 13.2 Å². The summed E-state index contributed by atoms with van der Waals surface area (Å²) < 4.78 is 22.9. The minimum Gasteiger partial charge on any atom is -0.350 e. The van der Waals surface area contributed by atoms with E-state index in [-0.39, 0.29) is 23.5 Å². The van der Waals surface area contributed by atoms with Gasteiger partial charge in [0.2, 0.25) is 5.95 Å². The van der Waals surface area contributed by atoms with Crippen molar-refractivity contribution < 1.29 is 13.2 Å². The molecule has 1 N–H and O–H groups in total. The van der Waals surface area contributed by atoms with Gasteiger partial charge in [0.25, 0.3) is 5.91 Å². The van der Waals surface area contributed by atoms with E-state index in [1.165, 1.54) is 12.4 Å². The lowest BCUT2D eigenvalue weighted by Crippen LogP contribution is -2.27. The van der Waals surface area contributed by atoms with Gasteiger partial charge in [-0.2, -0.15) is 0 Å². The summed E-state index contributed by atoms with van der Waals surface area (Å²) in [5.41, 5.74) is 1.43. The third-order valence-electron chi connectivity index (χ3n) is 4.07. The Morgan fingerprint density at radius 1 is 1.24 bits per heavy atom. The van der Waals surface area contributed by atoms with Gasteiger partial charge >= 0.3 is 0 Å². The van der Waals surface area contributed by atoms with Crippen LogP contribution in [0.3, 0.4) is 0 Å². The maximum absolute atomic E-state index is 12.4. The van der Waals surface area contributed by atoms with Crippen LogP contribution in [-0.4, -0.2) is 53.8 Å². The smallest absolute Gasteiger partial charge is 0.257 e. The van der Waals surface area contributed by atoms with Crippen LogP contribution in [0.15, 0.2) is 42.7 Å². The number of nitrogens with one attached hydrogen (secondary N) is 1. The number of benzene rings is 1. The summed E-state index contributed by atoms with van der Waals surface area (Å²) in [5.74, 6) is 0.450. The normalized spacial score (nSPS) is 18.7. The third-order valence-corrected chi connectivity index (χ3v) is 5.84. The molecule has 1 saturated heterocycles. The van der Waals surface area contributed by atoms with Crippen molar-refractivity contribution in [1.82, 2.24) is 14.9 Å². The number of hydrogen-bond acceptors (Lipinski definition) is 6. The van der Waals surface area contributed by atoms with Crippen LogP contribution in [0.4, 0.5) is 5.95 Å². The van der Waals surface area contributed by atoms with Crippen molar-refractivity contribution in [3.8, 4) is 0 Å². The van der Waals surface area contributed by atoms with E-state index in [1.54, 1.807) is 11.9 Å². The summed E-state index contributed by atoms with van der Waals surface area (Å²) in [4.78, 5) is 22.3. The highest BCUT2D eigenvalue weighted by molar-refractivity contribution is 7.91. The molecule has 0 radical (unpaired) electrons. The summed E-state index contributed by atoms with van der Waals surface area (Å²) in [6.07, 6.45) is 3.47. The average molecular weight is 360 g/mol. The fourth-order valence-electron chi connectivity index (χ4n) is 2.75. The standard InChI is InChI=1S/C17H20N4O3S/c1-21(11-13-5-3-2-4-6-13)16(22)14-9-18-17(19-10-14)20-15-7-8-25(23,24)12-15/h2-6,9-10,15H,7-8,11-12H2,1H3,(H,18,19,20). The maximum Gasteiger partial charge on any atom is 0.257 e. The highest BCUT2D eigenvalue weighted by Gasteiger charge is 2.28. The van der Waals surface area contributed by atoms with Crippen LogP contribution >= 0.6 is 0 Å². The number of nitrogens with zero attached hydrogens (tertiary/aromatic N) is 3. The number of amides is 1. The number of hydrogen-bond donors (Lipinski definition) is 1. The van der Waals surface area contributed by atoms with Crippen molar-refractivity contribution >= 4 is 21.7 Å². The lowest BCUT2D eigenvalue weighted by Gasteiger charge is -2.17. The van der Waals surface area contributed by atoms with E-state index < -0.39 is 9.84 Å². The molecule has 1 unspecified atom stereocenters. The molecular formula is C17H20N4O3S. The van der Waals surface area contributed by atoms with Crippen LogP contribution < -0.4 is 5.32 Å². The Morgan fingerprint density at radius 2 is 1.92 bits per heavy atom. The quantitative estimate of drug-likeness (QED) is 0.865. The molecule has 0 aliphatic carbocycles. The van der Waals surface area contributed by atoms with Crippen LogP contribution in [-0.2, 0) is 16.4 Å². The Labute approximate surface area is 147 Å². The zero-order valence-corrected chi connectivity index (χ0v) is 14.7. The van der Waals surface area contributed by atoms with Crippen LogP contribution in [0.2, 0.25) is 0 Å². The molecule has 0 spiro atoms. The number of rotatable bonds is 5. The minimum absolute atomic E-state index is 0.0941. The molecule has 25 heavy (non-hydrogen) atoms. The Bertz CT molecular complexity index is 838. The van der Waals surface area contributed by atoms with Crippen LogP contribution in [0.1, 0.15) is 22.3 Å². The minimum atomic E-state index is -2.96. The van der Waals surface area contributed by atoms with Crippen molar-refractivity contribution in [2.45, 2.75) is 19.0 Å². The molecule has 0 saturated carbocycles. The topological polar surface area (TPSA) is 92.3 Å².